The van der Waals surface area contributed by atoms with Crippen LogP contribution in [0.2, 0.25) is 5.02 Å². The first-order valence-corrected chi connectivity index (χ1v) is 6.98. The maximum atomic E-state index is 6.15. The van der Waals surface area contributed by atoms with Crippen molar-refractivity contribution in [3.8, 4) is 0 Å². The van der Waals surface area contributed by atoms with Gasteiger partial charge in [0.25, 0.3) is 0 Å². The Kier molecular flexibility index (Phi) is 4.61. The van der Waals surface area contributed by atoms with Crippen LogP contribution in [-0.4, -0.2) is 16.3 Å². The predicted molar refractivity (Wildman–Crippen MR) is 79.5 cm³/mol. The molecule has 1 aromatic carbocycles. The Morgan fingerprint density at radius 3 is 2.79 bits per heavy atom. The van der Waals surface area contributed by atoms with Crippen molar-refractivity contribution >= 4 is 11.6 Å². The third-order valence-corrected chi connectivity index (χ3v) is 3.54. The van der Waals surface area contributed by atoms with E-state index in [0.717, 1.165) is 23.7 Å². The summed E-state index contributed by atoms with van der Waals surface area (Å²) in [5.74, 6) is 0. The first-order valence-electron chi connectivity index (χ1n) is 6.60. The van der Waals surface area contributed by atoms with Crippen LogP contribution in [0.3, 0.4) is 0 Å². The number of hydrogen-bond acceptors (Lipinski definition) is 2. The van der Waals surface area contributed by atoms with E-state index in [4.69, 9.17) is 11.6 Å². The van der Waals surface area contributed by atoms with Crippen LogP contribution in [0.5, 0.6) is 0 Å². The van der Waals surface area contributed by atoms with Crippen LogP contribution in [0.1, 0.15) is 36.2 Å². The number of nitrogens with one attached hydrogen (secondary N) is 1. The highest BCUT2D eigenvalue weighted by molar-refractivity contribution is 6.30. The Morgan fingerprint density at radius 1 is 1.37 bits per heavy atom. The summed E-state index contributed by atoms with van der Waals surface area (Å²) in [5, 5.41) is 8.61. The average molecular weight is 278 g/mol. The molecule has 102 valence electrons. The Hall–Kier alpha value is -1.32. The first kappa shape index (κ1) is 14.1. The van der Waals surface area contributed by atoms with Gasteiger partial charge in [-0.1, -0.05) is 24.6 Å². The van der Waals surface area contributed by atoms with E-state index in [1.807, 2.05) is 36.1 Å². The first-order chi connectivity index (χ1) is 9.13. The van der Waals surface area contributed by atoms with Gasteiger partial charge < -0.3 is 5.32 Å². The molecule has 1 aromatic heterocycles. The van der Waals surface area contributed by atoms with Crippen molar-refractivity contribution < 1.29 is 0 Å². The largest absolute Gasteiger partial charge is 0.305 e. The SMILES string of the molecule is CCCNC(c1cc(Cl)ccc1C)c1ccnn1C. The molecule has 0 spiro atoms. The molecule has 0 radical (unpaired) electrons. The summed E-state index contributed by atoms with van der Waals surface area (Å²) < 4.78 is 1.91. The fourth-order valence-corrected chi connectivity index (χ4v) is 2.43. The molecule has 3 nitrogen and oxygen atoms in total. The Morgan fingerprint density at radius 2 is 2.16 bits per heavy atom. The number of rotatable bonds is 5. The molecular weight excluding hydrogens is 258 g/mol. The monoisotopic (exact) mass is 277 g/mol. The molecule has 0 fully saturated rings. The van der Waals surface area contributed by atoms with Crippen LogP contribution in [0, 0.1) is 6.92 Å². The average Bonchev–Trinajstić information content (AvgIpc) is 2.80. The van der Waals surface area contributed by atoms with E-state index in [-0.39, 0.29) is 6.04 Å². The van der Waals surface area contributed by atoms with Crippen molar-refractivity contribution in [3.05, 3.63) is 52.3 Å². The predicted octanol–water partition coefficient (Wildman–Crippen LogP) is 3.47. The van der Waals surface area contributed by atoms with E-state index >= 15 is 0 Å². The van der Waals surface area contributed by atoms with Crippen LogP contribution in [-0.2, 0) is 7.05 Å². The minimum atomic E-state index is 0.131. The summed E-state index contributed by atoms with van der Waals surface area (Å²) in [5.41, 5.74) is 3.60. The standard InChI is InChI=1S/C15H20ClN3/c1-4-8-17-15(14-7-9-18-19(14)3)13-10-12(16)6-5-11(13)2/h5-7,9-10,15,17H,4,8H2,1-3H3. The third kappa shape index (κ3) is 3.17. The number of benzene rings is 1. The van der Waals surface area contributed by atoms with Crippen molar-refractivity contribution in [3.63, 3.8) is 0 Å². The Bertz CT molecular complexity index is 548. The number of halogens is 1. The highest BCUT2D eigenvalue weighted by atomic mass is 35.5. The number of aromatic nitrogens is 2. The third-order valence-electron chi connectivity index (χ3n) is 3.31. The smallest absolute Gasteiger partial charge is 0.0751 e. The van der Waals surface area contributed by atoms with Gasteiger partial charge in [0.15, 0.2) is 0 Å². The lowest BCUT2D eigenvalue weighted by Gasteiger charge is -2.21. The van der Waals surface area contributed by atoms with E-state index in [1.165, 1.54) is 11.1 Å². The van der Waals surface area contributed by atoms with Gasteiger partial charge in [-0.25, -0.2) is 0 Å². The van der Waals surface area contributed by atoms with Gasteiger partial charge in [-0.05, 0) is 49.2 Å². The van der Waals surface area contributed by atoms with Gasteiger partial charge in [0.1, 0.15) is 0 Å². The summed E-state index contributed by atoms with van der Waals surface area (Å²) in [6, 6.07) is 8.21. The normalized spacial score (nSPS) is 12.6. The van der Waals surface area contributed by atoms with E-state index in [0.29, 0.717) is 0 Å². The maximum Gasteiger partial charge on any atom is 0.0751 e. The highest BCUT2D eigenvalue weighted by Crippen LogP contribution is 2.27. The quantitative estimate of drug-likeness (QED) is 0.907. The van der Waals surface area contributed by atoms with Gasteiger partial charge in [0.2, 0.25) is 0 Å². The molecule has 0 saturated carbocycles. The second-order valence-corrected chi connectivity index (χ2v) is 5.20. The lowest BCUT2D eigenvalue weighted by Crippen LogP contribution is -2.26. The van der Waals surface area contributed by atoms with Gasteiger partial charge in [0, 0.05) is 18.3 Å². The van der Waals surface area contributed by atoms with Gasteiger partial charge in [-0.15, -0.1) is 0 Å². The summed E-state index contributed by atoms with van der Waals surface area (Å²) in [7, 11) is 1.97. The lowest BCUT2D eigenvalue weighted by atomic mass is 9.98. The second-order valence-electron chi connectivity index (χ2n) is 4.77. The molecule has 0 bridgehead atoms. The molecule has 0 aliphatic carbocycles. The van der Waals surface area contributed by atoms with Crippen LogP contribution < -0.4 is 5.32 Å². The van der Waals surface area contributed by atoms with Crippen molar-refractivity contribution in [2.75, 3.05) is 6.54 Å². The molecule has 2 rings (SSSR count). The van der Waals surface area contributed by atoms with Crippen molar-refractivity contribution in [2.45, 2.75) is 26.3 Å². The van der Waals surface area contributed by atoms with Crippen molar-refractivity contribution in [1.82, 2.24) is 15.1 Å². The van der Waals surface area contributed by atoms with Crippen LogP contribution in [0.25, 0.3) is 0 Å². The molecule has 1 N–H and O–H groups in total. The summed E-state index contributed by atoms with van der Waals surface area (Å²) in [6.07, 6.45) is 2.92. The summed E-state index contributed by atoms with van der Waals surface area (Å²) in [6.45, 7) is 5.24. The minimum absolute atomic E-state index is 0.131. The van der Waals surface area contributed by atoms with Gasteiger partial charge >= 0.3 is 0 Å². The van der Waals surface area contributed by atoms with Crippen molar-refractivity contribution in [2.24, 2.45) is 7.05 Å². The molecule has 0 amide bonds. The van der Waals surface area contributed by atoms with Gasteiger partial charge in [-0.2, -0.15) is 5.10 Å². The summed E-state index contributed by atoms with van der Waals surface area (Å²) in [4.78, 5) is 0. The molecular formula is C15H20ClN3. The van der Waals surface area contributed by atoms with Crippen molar-refractivity contribution in [1.29, 1.82) is 0 Å². The molecule has 1 unspecified atom stereocenters. The molecule has 0 aliphatic heterocycles. The molecule has 0 saturated heterocycles. The number of aryl methyl sites for hydroxylation is 2. The van der Waals surface area contributed by atoms with Crippen LogP contribution >= 0.6 is 11.6 Å². The van der Waals surface area contributed by atoms with Gasteiger partial charge in [0.05, 0.1) is 11.7 Å². The zero-order chi connectivity index (χ0) is 13.8. The fraction of sp³-hybridized carbons (Fsp3) is 0.400. The molecule has 4 heteroatoms. The van der Waals surface area contributed by atoms with E-state index in [9.17, 15) is 0 Å². The Labute approximate surface area is 119 Å². The van der Waals surface area contributed by atoms with Gasteiger partial charge in [-0.3, -0.25) is 4.68 Å². The highest BCUT2D eigenvalue weighted by Gasteiger charge is 2.18. The number of hydrogen-bond donors (Lipinski definition) is 1. The Balaban J connectivity index is 2.42. The fourth-order valence-electron chi connectivity index (χ4n) is 2.25. The molecule has 1 atom stereocenters. The summed E-state index contributed by atoms with van der Waals surface area (Å²) >= 11 is 6.15. The molecule has 2 aromatic rings. The molecule has 0 aliphatic rings. The zero-order valence-corrected chi connectivity index (χ0v) is 12.4. The van der Waals surface area contributed by atoms with Crippen LogP contribution in [0.4, 0.5) is 0 Å². The van der Waals surface area contributed by atoms with E-state index in [2.05, 4.69) is 30.3 Å². The minimum Gasteiger partial charge on any atom is -0.305 e. The molecule has 1 heterocycles. The topological polar surface area (TPSA) is 29.9 Å². The zero-order valence-electron chi connectivity index (χ0n) is 11.7. The molecule has 19 heavy (non-hydrogen) atoms. The lowest BCUT2D eigenvalue weighted by molar-refractivity contribution is 0.552. The maximum absolute atomic E-state index is 6.15. The van der Waals surface area contributed by atoms with E-state index in [1.54, 1.807) is 0 Å². The second kappa shape index (κ2) is 6.22. The van der Waals surface area contributed by atoms with E-state index < -0.39 is 0 Å². The van der Waals surface area contributed by atoms with Crippen LogP contribution in [0.15, 0.2) is 30.5 Å². The number of nitrogens with zero attached hydrogens (tertiary/aromatic N) is 2.